The third kappa shape index (κ3) is 4.84. The van der Waals surface area contributed by atoms with Crippen molar-refractivity contribution in [3.63, 3.8) is 0 Å². The van der Waals surface area contributed by atoms with Crippen LogP contribution in [0.4, 0.5) is 22.9 Å². The van der Waals surface area contributed by atoms with Crippen LogP contribution in [0.1, 0.15) is 19.8 Å². The summed E-state index contributed by atoms with van der Waals surface area (Å²) >= 11 is 0. The van der Waals surface area contributed by atoms with Gasteiger partial charge in [0.15, 0.2) is 0 Å². The Kier molecular flexibility index (Phi) is 6.58. The van der Waals surface area contributed by atoms with Crippen molar-refractivity contribution in [2.45, 2.75) is 24.7 Å². The van der Waals surface area contributed by atoms with E-state index in [2.05, 4.69) is 15.2 Å². The summed E-state index contributed by atoms with van der Waals surface area (Å²) in [7, 11) is -3.79. The van der Waals surface area contributed by atoms with Gasteiger partial charge in [0.1, 0.15) is 11.5 Å². The molecule has 2 saturated heterocycles. The quantitative estimate of drug-likeness (QED) is 0.515. The second kappa shape index (κ2) is 9.39. The maximum atomic E-state index is 13.0. The molecule has 32 heavy (non-hydrogen) atoms. The number of hydrogen-bond donors (Lipinski definition) is 1. The number of aromatic nitrogens is 1. The molecule has 11 heteroatoms. The lowest BCUT2D eigenvalue weighted by molar-refractivity contribution is -0.384. The number of nitrogens with one attached hydrogen (secondary N) is 1. The van der Waals surface area contributed by atoms with Gasteiger partial charge in [0.25, 0.3) is 5.69 Å². The number of rotatable bonds is 6. The predicted octanol–water partition coefficient (Wildman–Crippen LogP) is 2.99. The molecule has 1 aromatic carbocycles. The zero-order valence-electron chi connectivity index (χ0n) is 17.9. The maximum Gasteiger partial charge on any atom is 0.294 e. The first kappa shape index (κ1) is 22.4. The van der Waals surface area contributed by atoms with Crippen molar-refractivity contribution in [3.8, 4) is 0 Å². The highest BCUT2D eigenvalue weighted by Crippen LogP contribution is 2.32. The summed E-state index contributed by atoms with van der Waals surface area (Å²) in [4.78, 5) is 17.6. The summed E-state index contributed by atoms with van der Waals surface area (Å²) < 4.78 is 32.8. The van der Waals surface area contributed by atoms with E-state index in [0.29, 0.717) is 32.0 Å². The van der Waals surface area contributed by atoms with Crippen LogP contribution in [0.15, 0.2) is 41.4 Å². The molecular formula is C21H27N5O5S. The van der Waals surface area contributed by atoms with E-state index in [1.807, 2.05) is 13.0 Å². The zero-order valence-corrected chi connectivity index (χ0v) is 18.8. The highest BCUT2D eigenvalue weighted by atomic mass is 32.2. The molecule has 2 aromatic rings. The van der Waals surface area contributed by atoms with Crippen molar-refractivity contribution in [2.24, 2.45) is 5.92 Å². The zero-order chi connectivity index (χ0) is 22.7. The van der Waals surface area contributed by atoms with E-state index in [0.717, 1.165) is 37.8 Å². The first-order chi connectivity index (χ1) is 15.3. The van der Waals surface area contributed by atoms with Crippen LogP contribution < -0.4 is 10.2 Å². The van der Waals surface area contributed by atoms with Gasteiger partial charge in [-0.05, 0) is 43.0 Å². The third-order valence-electron chi connectivity index (χ3n) is 5.79. The average molecular weight is 462 g/mol. The lowest BCUT2D eigenvalue weighted by Gasteiger charge is -2.30. The number of pyridine rings is 1. The van der Waals surface area contributed by atoms with Crippen LogP contribution >= 0.6 is 0 Å². The van der Waals surface area contributed by atoms with E-state index in [1.165, 1.54) is 16.4 Å². The number of hydrogen-bond acceptors (Lipinski definition) is 8. The predicted molar refractivity (Wildman–Crippen MR) is 121 cm³/mol. The van der Waals surface area contributed by atoms with E-state index in [4.69, 9.17) is 4.74 Å². The van der Waals surface area contributed by atoms with Crippen LogP contribution in [-0.2, 0) is 14.8 Å². The fourth-order valence-corrected chi connectivity index (χ4v) is 5.66. The maximum absolute atomic E-state index is 13.0. The summed E-state index contributed by atoms with van der Waals surface area (Å²) in [6, 6.07) is 7.62. The highest BCUT2D eigenvalue weighted by Gasteiger charge is 2.30. The number of nitro groups is 1. The Balaban J connectivity index is 1.55. The minimum atomic E-state index is -3.79. The summed E-state index contributed by atoms with van der Waals surface area (Å²) in [5.41, 5.74) is 0.487. The van der Waals surface area contributed by atoms with Crippen molar-refractivity contribution < 1.29 is 18.1 Å². The van der Waals surface area contributed by atoms with Crippen LogP contribution in [0.25, 0.3) is 0 Å². The van der Waals surface area contributed by atoms with Crippen LogP contribution in [0.2, 0.25) is 0 Å². The Morgan fingerprint density at radius 1 is 1.19 bits per heavy atom. The van der Waals surface area contributed by atoms with E-state index >= 15 is 0 Å². The lowest BCUT2D eigenvalue weighted by Crippen LogP contribution is -2.39. The molecule has 0 aliphatic carbocycles. The third-order valence-corrected chi connectivity index (χ3v) is 7.65. The number of sulfonamides is 1. The Hall–Kier alpha value is -2.76. The summed E-state index contributed by atoms with van der Waals surface area (Å²) in [5.74, 6) is 1.08. The largest absolute Gasteiger partial charge is 0.378 e. The fourth-order valence-electron chi connectivity index (χ4n) is 4.04. The molecule has 0 saturated carbocycles. The van der Waals surface area contributed by atoms with E-state index in [1.54, 1.807) is 12.3 Å². The van der Waals surface area contributed by atoms with Gasteiger partial charge in [0.05, 0.1) is 34.9 Å². The normalized spacial score (nSPS) is 20.2. The van der Waals surface area contributed by atoms with Crippen LogP contribution in [0, 0.1) is 16.0 Å². The molecule has 2 aliphatic heterocycles. The van der Waals surface area contributed by atoms with Crippen LogP contribution in [0.3, 0.4) is 0 Å². The fraction of sp³-hybridized carbons (Fsp3) is 0.476. The number of nitrogens with zero attached hydrogens (tertiary/aromatic N) is 4. The molecule has 0 spiro atoms. The molecular weight excluding hydrogens is 434 g/mol. The van der Waals surface area contributed by atoms with Crippen molar-refractivity contribution in [2.75, 3.05) is 49.6 Å². The number of ether oxygens (including phenoxy) is 1. The van der Waals surface area contributed by atoms with Crippen molar-refractivity contribution in [1.29, 1.82) is 0 Å². The van der Waals surface area contributed by atoms with Gasteiger partial charge in [0, 0.05) is 32.2 Å². The molecule has 0 amide bonds. The molecule has 1 aromatic heterocycles. The average Bonchev–Trinajstić information content (AvgIpc) is 2.80. The van der Waals surface area contributed by atoms with Crippen molar-refractivity contribution >= 4 is 32.9 Å². The van der Waals surface area contributed by atoms with E-state index < -0.39 is 14.9 Å². The number of piperidine rings is 1. The molecule has 172 valence electrons. The molecule has 10 nitrogen and oxygen atoms in total. The summed E-state index contributed by atoms with van der Waals surface area (Å²) in [5, 5.41) is 14.7. The monoisotopic (exact) mass is 461 g/mol. The van der Waals surface area contributed by atoms with Gasteiger partial charge >= 0.3 is 0 Å². The number of anilines is 3. The van der Waals surface area contributed by atoms with Gasteiger partial charge in [-0.3, -0.25) is 10.1 Å². The van der Waals surface area contributed by atoms with Gasteiger partial charge in [-0.25, -0.2) is 13.4 Å². The van der Waals surface area contributed by atoms with Gasteiger partial charge in [-0.2, -0.15) is 4.31 Å². The van der Waals surface area contributed by atoms with Gasteiger partial charge < -0.3 is 15.0 Å². The second-order valence-corrected chi connectivity index (χ2v) is 10.1. The minimum Gasteiger partial charge on any atom is -0.378 e. The van der Waals surface area contributed by atoms with E-state index in [9.17, 15) is 18.5 Å². The highest BCUT2D eigenvalue weighted by molar-refractivity contribution is 7.89. The second-order valence-electron chi connectivity index (χ2n) is 8.18. The topological polar surface area (TPSA) is 118 Å². The molecule has 2 aliphatic rings. The summed E-state index contributed by atoms with van der Waals surface area (Å²) in [6.07, 6.45) is 3.37. The molecule has 3 heterocycles. The number of morpholine rings is 1. The Morgan fingerprint density at radius 3 is 2.62 bits per heavy atom. The molecule has 4 rings (SSSR count). The van der Waals surface area contributed by atoms with Gasteiger partial charge in [0.2, 0.25) is 10.0 Å². The first-order valence-corrected chi connectivity index (χ1v) is 12.1. The first-order valence-electron chi connectivity index (χ1n) is 10.7. The Bertz CT molecular complexity index is 1070. The Morgan fingerprint density at radius 2 is 1.97 bits per heavy atom. The molecule has 1 atom stereocenters. The minimum absolute atomic E-state index is 0.0651. The SMILES string of the molecule is CC1CCCN(S(=O)(=O)c2ccc(Nc3ccc(N4CCOCC4)nc3)c([N+](=O)[O-])c2)C1. The Labute approximate surface area is 187 Å². The van der Waals surface area contributed by atoms with Crippen LogP contribution in [-0.4, -0.2) is 62.0 Å². The molecule has 2 fully saturated rings. The van der Waals surface area contributed by atoms with Crippen LogP contribution in [0.5, 0.6) is 0 Å². The van der Waals surface area contributed by atoms with E-state index in [-0.39, 0.29) is 22.2 Å². The van der Waals surface area contributed by atoms with Crippen molar-refractivity contribution in [1.82, 2.24) is 9.29 Å². The number of benzene rings is 1. The summed E-state index contributed by atoms with van der Waals surface area (Å²) in [6.45, 7) is 5.70. The van der Waals surface area contributed by atoms with Crippen molar-refractivity contribution in [3.05, 3.63) is 46.6 Å². The lowest BCUT2D eigenvalue weighted by atomic mass is 10.0. The number of nitro benzene ring substituents is 1. The van der Waals surface area contributed by atoms with Gasteiger partial charge in [-0.15, -0.1) is 0 Å². The molecule has 1 unspecified atom stereocenters. The molecule has 0 radical (unpaired) electrons. The smallest absolute Gasteiger partial charge is 0.294 e. The standard InChI is InChI=1S/C21H27N5O5S/c1-16-3-2-8-25(15-16)32(29,30)18-5-6-19(20(13-18)26(27)28)23-17-4-7-21(22-14-17)24-9-11-31-12-10-24/h4-7,13-14,16,23H,2-3,8-12,15H2,1H3. The molecule has 0 bridgehead atoms. The van der Waals surface area contributed by atoms with Gasteiger partial charge in [-0.1, -0.05) is 6.92 Å². The molecule has 1 N–H and O–H groups in total.